The Morgan fingerprint density at radius 2 is 1.76 bits per heavy atom. The predicted octanol–water partition coefficient (Wildman–Crippen LogP) is 5.10. The highest BCUT2D eigenvalue weighted by molar-refractivity contribution is 6.31. The van der Waals surface area contributed by atoms with Crippen molar-refractivity contribution >= 4 is 28.9 Å². The third kappa shape index (κ3) is 4.92. The van der Waals surface area contributed by atoms with Gasteiger partial charge in [0.05, 0.1) is 0 Å². The molecule has 21 heavy (non-hydrogen) atoms. The van der Waals surface area contributed by atoms with E-state index in [4.69, 9.17) is 23.2 Å². The van der Waals surface area contributed by atoms with E-state index in [-0.39, 0.29) is 0 Å². The van der Waals surface area contributed by atoms with Crippen molar-refractivity contribution in [3.8, 4) is 0 Å². The topological polar surface area (TPSA) is 15.3 Å². The predicted molar refractivity (Wildman–Crippen MR) is 92.4 cm³/mol. The second-order valence-electron chi connectivity index (χ2n) is 5.15. The van der Waals surface area contributed by atoms with Gasteiger partial charge in [-0.1, -0.05) is 41.4 Å². The third-order valence-corrected chi connectivity index (χ3v) is 4.12. The van der Waals surface area contributed by atoms with E-state index < -0.39 is 0 Å². The largest absolute Gasteiger partial charge is 0.384 e. The standard InChI is InChI=1S/C17H20Cl2N2/c1-13(14-6-8-15(18)9-7-14)21(2)11-10-20-17-5-3-4-16(19)12-17/h3-9,12-13,20H,10-11H2,1-2H3. The molecule has 0 radical (unpaired) electrons. The summed E-state index contributed by atoms with van der Waals surface area (Å²) in [6.07, 6.45) is 0. The molecule has 0 aliphatic heterocycles. The van der Waals surface area contributed by atoms with Crippen LogP contribution in [0.2, 0.25) is 10.0 Å². The maximum atomic E-state index is 5.97. The summed E-state index contributed by atoms with van der Waals surface area (Å²) < 4.78 is 0. The average Bonchev–Trinajstić information content (AvgIpc) is 2.47. The summed E-state index contributed by atoms with van der Waals surface area (Å²) in [6, 6.07) is 16.2. The van der Waals surface area contributed by atoms with Crippen molar-refractivity contribution < 1.29 is 0 Å². The van der Waals surface area contributed by atoms with E-state index >= 15 is 0 Å². The van der Waals surface area contributed by atoms with Gasteiger partial charge in [0.2, 0.25) is 0 Å². The van der Waals surface area contributed by atoms with Crippen molar-refractivity contribution in [1.82, 2.24) is 4.90 Å². The fraction of sp³-hybridized carbons (Fsp3) is 0.294. The summed E-state index contributed by atoms with van der Waals surface area (Å²) in [5.41, 5.74) is 2.32. The minimum atomic E-state index is 0.350. The highest BCUT2D eigenvalue weighted by Gasteiger charge is 2.10. The molecule has 0 spiro atoms. The van der Waals surface area contributed by atoms with E-state index in [1.807, 2.05) is 36.4 Å². The Morgan fingerprint density at radius 1 is 1.05 bits per heavy atom. The lowest BCUT2D eigenvalue weighted by molar-refractivity contribution is 0.271. The van der Waals surface area contributed by atoms with Gasteiger partial charge in [-0.2, -0.15) is 0 Å². The first-order valence-electron chi connectivity index (χ1n) is 7.01. The summed E-state index contributed by atoms with van der Waals surface area (Å²) in [4.78, 5) is 2.31. The van der Waals surface area contributed by atoms with E-state index in [9.17, 15) is 0 Å². The summed E-state index contributed by atoms with van der Waals surface area (Å²) in [6.45, 7) is 4.01. The average molecular weight is 323 g/mol. The van der Waals surface area contributed by atoms with Gasteiger partial charge in [-0.15, -0.1) is 0 Å². The molecule has 0 fully saturated rings. The molecule has 0 amide bonds. The smallest absolute Gasteiger partial charge is 0.0426 e. The van der Waals surface area contributed by atoms with Crippen LogP contribution in [0.5, 0.6) is 0 Å². The molecule has 2 nitrogen and oxygen atoms in total. The lowest BCUT2D eigenvalue weighted by Crippen LogP contribution is -2.28. The van der Waals surface area contributed by atoms with Crippen molar-refractivity contribution in [2.45, 2.75) is 13.0 Å². The van der Waals surface area contributed by atoms with Crippen molar-refractivity contribution in [1.29, 1.82) is 0 Å². The van der Waals surface area contributed by atoms with Gasteiger partial charge in [0.25, 0.3) is 0 Å². The van der Waals surface area contributed by atoms with Gasteiger partial charge in [0.1, 0.15) is 0 Å². The van der Waals surface area contributed by atoms with E-state index in [0.717, 1.165) is 28.8 Å². The number of hydrogen-bond donors (Lipinski definition) is 1. The molecular formula is C17H20Cl2N2. The van der Waals surface area contributed by atoms with Crippen LogP contribution < -0.4 is 5.32 Å². The fourth-order valence-corrected chi connectivity index (χ4v) is 2.48. The number of nitrogens with one attached hydrogen (secondary N) is 1. The minimum absolute atomic E-state index is 0.350. The van der Waals surface area contributed by atoms with Crippen molar-refractivity contribution in [3.05, 3.63) is 64.1 Å². The van der Waals surface area contributed by atoms with Crippen LogP contribution in [-0.2, 0) is 0 Å². The molecule has 112 valence electrons. The number of benzene rings is 2. The molecule has 2 rings (SSSR count). The lowest BCUT2D eigenvalue weighted by Gasteiger charge is -2.25. The summed E-state index contributed by atoms with van der Waals surface area (Å²) in [5, 5.41) is 4.91. The molecular weight excluding hydrogens is 303 g/mol. The number of halogens is 2. The van der Waals surface area contributed by atoms with Gasteiger partial charge in [0.15, 0.2) is 0 Å². The van der Waals surface area contributed by atoms with Gasteiger partial charge in [-0.3, -0.25) is 4.90 Å². The van der Waals surface area contributed by atoms with E-state index in [0.29, 0.717) is 6.04 Å². The van der Waals surface area contributed by atoms with Crippen molar-refractivity contribution in [2.75, 3.05) is 25.5 Å². The monoisotopic (exact) mass is 322 g/mol. The summed E-state index contributed by atoms with van der Waals surface area (Å²) in [5.74, 6) is 0. The Kier molecular flexibility index (Phi) is 5.92. The Hall–Kier alpha value is -1.22. The number of nitrogens with zero attached hydrogens (tertiary/aromatic N) is 1. The Balaban J connectivity index is 1.83. The summed E-state index contributed by atoms with van der Waals surface area (Å²) in [7, 11) is 2.12. The Bertz CT molecular complexity index is 569. The molecule has 2 aromatic rings. The zero-order valence-corrected chi connectivity index (χ0v) is 13.8. The van der Waals surface area contributed by atoms with E-state index in [2.05, 4.69) is 36.3 Å². The number of likely N-dealkylation sites (N-methyl/N-ethyl adjacent to an activating group) is 1. The van der Waals surface area contributed by atoms with Gasteiger partial charge >= 0.3 is 0 Å². The van der Waals surface area contributed by atoms with Crippen LogP contribution in [0.3, 0.4) is 0 Å². The second kappa shape index (κ2) is 7.69. The number of hydrogen-bond acceptors (Lipinski definition) is 2. The highest BCUT2D eigenvalue weighted by Crippen LogP contribution is 2.20. The molecule has 0 aliphatic carbocycles. The van der Waals surface area contributed by atoms with Crippen LogP contribution in [0.15, 0.2) is 48.5 Å². The summed E-state index contributed by atoms with van der Waals surface area (Å²) >= 11 is 11.9. The van der Waals surface area contributed by atoms with Crippen LogP contribution in [0, 0.1) is 0 Å². The molecule has 0 aliphatic rings. The molecule has 4 heteroatoms. The molecule has 2 aromatic carbocycles. The van der Waals surface area contributed by atoms with Crippen LogP contribution in [-0.4, -0.2) is 25.0 Å². The third-order valence-electron chi connectivity index (χ3n) is 3.63. The van der Waals surface area contributed by atoms with Crippen molar-refractivity contribution in [2.24, 2.45) is 0 Å². The lowest BCUT2D eigenvalue weighted by atomic mass is 10.1. The molecule has 0 bridgehead atoms. The molecule has 1 N–H and O–H groups in total. The maximum absolute atomic E-state index is 5.97. The van der Waals surface area contributed by atoms with Crippen LogP contribution in [0.25, 0.3) is 0 Å². The van der Waals surface area contributed by atoms with E-state index in [1.165, 1.54) is 5.56 Å². The normalized spacial score (nSPS) is 12.4. The molecule has 0 saturated heterocycles. The van der Waals surface area contributed by atoms with Gasteiger partial charge in [-0.25, -0.2) is 0 Å². The molecule has 0 saturated carbocycles. The first-order valence-corrected chi connectivity index (χ1v) is 7.77. The first-order chi connectivity index (χ1) is 10.1. The molecule has 1 unspecified atom stereocenters. The first kappa shape index (κ1) is 16.2. The molecule has 0 heterocycles. The van der Waals surface area contributed by atoms with Gasteiger partial charge in [0, 0.05) is 34.9 Å². The Morgan fingerprint density at radius 3 is 2.43 bits per heavy atom. The maximum Gasteiger partial charge on any atom is 0.0426 e. The molecule has 1 atom stereocenters. The second-order valence-corrected chi connectivity index (χ2v) is 6.02. The van der Waals surface area contributed by atoms with Crippen molar-refractivity contribution in [3.63, 3.8) is 0 Å². The quantitative estimate of drug-likeness (QED) is 0.796. The fourth-order valence-electron chi connectivity index (χ4n) is 2.16. The van der Waals surface area contributed by atoms with Gasteiger partial charge < -0.3 is 5.32 Å². The number of anilines is 1. The zero-order valence-electron chi connectivity index (χ0n) is 12.3. The van der Waals surface area contributed by atoms with Crippen LogP contribution in [0.1, 0.15) is 18.5 Å². The van der Waals surface area contributed by atoms with Gasteiger partial charge in [-0.05, 0) is 49.9 Å². The molecule has 0 aromatic heterocycles. The van der Waals surface area contributed by atoms with Crippen LogP contribution >= 0.6 is 23.2 Å². The highest BCUT2D eigenvalue weighted by atomic mass is 35.5. The zero-order chi connectivity index (χ0) is 15.2. The minimum Gasteiger partial charge on any atom is -0.384 e. The SMILES string of the molecule is CC(c1ccc(Cl)cc1)N(C)CCNc1cccc(Cl)c1. The number of rotatable bonds is 6. The Labute approximate surface area is 136 Å². The van der Waals surface area contributed by atoms with Crippen LogP contribution in [0.4, 0.5) is 5.69 Å². The van der Waals surface area contributed by atoms with E-state index in [1.54, 1.807) is 0 Å².